The van der Waals surface area contributed by atoms with E-state index in [1.807, 2.05) is 19.1 Å². The summed E-state index contributed by atoms with van der Waals surface area (Å²) in [7, 11) is 0. The molecule has 1 atom stereocenters. The summed E-state index contributed by atoms with van der Waals surface area (Å²) in [6, 6.07) is 11.6. The first kappa shape index (κ1) is 19.4. The molecular formula is C23H27N3O3. The molecule has 2 aliphatic rings. The Balaban J connectivity index is 1.48. The van der Waals surface area contributed by atoms with Crippen LogP contribution in [0.15, 0.2) is 42.6 Å². The van der Waals surface area contributed by atoms with Crippen LogP contribution in [-0.2, 0) is 9.59 Å². The van der Waals surface area contributed by atoms with Crippen LogP contribution in [0.1, 0.15) is 56.9 Å². The van der Waals surface area contributed by atoms with E-state index in [0.717, 1.165) is 0 Å². The molecule has 29 heavy (non-hydrogen) atoms. The van der Waals surface area contributed by atoms with Gasteiger partial charge in [-0.3, -0.25) is 14.5 Å². The quantitative estimate of drug-likeness (QED) is 0.823. The second kappa shape index (κ2) is 8.64. The highest BCUT2D eigenvalue weighted by atomic mass is 16.5. The van der Waals surface area contributed by atoms with Crippen molar-refractivity contribution in [1.82, 2.24) is 4.98 Å². The number of hydrogen-bond donors (Lipinski definition) is 1. The van der Waals surface area contributed by atoms with E-state index in [2.05, 4.69) is 22.4 Å². The number of carbonyl (C=O) groups excluding carboxylic acids is 2. The van der Waals surface area contributed by atoms with E-state index < -0.39 is 6.10 Å². The fourth-order valence-electron chi connectivity index (χ4n) is 4.20. The van der Waals surface area contributed by atoms with E-state index in [0.29, 0.717) is 29.6 Å². The van der Waals surface area contributed by atoms with Crippen LogP contribution < -0.4 is 15.0 Å². The molecule has 152 valence electrons. The van der Waals surface area contributed by atoms with Crippen molar-refractivity contribution in [3.63, 3.8) is 0 Å². The second-order valence-electron chi connectivity index (χ2n) is 7.77. The predicted octanol–water partition coefficient (Wildman–Crippen LogP) is 4.27. The van der Waals surface area contributed by atoms with Gasteiger partial charge in [-0.05, 0) is 55.0 Å². The highest BCUT2D eigenvalue weighted by Crippen LogP contribution is 2.33. The minimum atomic E-state index is -0.670. The number of aromatic nitrogens is 1. The zero-order valence-electron chi connectivity index (χ0n) is 16.8. The minimum Gasteiger partial charge on any atom is -0.481 e. The van der Waals surface area contributed by atoms with Crippen LogP contribution in [0.2, 0.25) is 0 Å². The SMILES string of the molecule is CCC(Oc1ccc(C2CCCCC2)cc1)C(=O)N1CC(=O)Nc2cccnc21. The first-order valence-electron chi connectivity index (χ1n) is 10.5. The Hall–Kier alpha value is -2.89. The van der Waals surface area contributed by atoms with Gasteiger partial charge in [0.25, 0.3) is 5.91 Å². The maximum atomic E-state index is 13.1. The molecule has 2 aromatic rings. The van der Waals surface area contributed by atoms with E-state index in [9.17, 15) is 9.59 Å². The minimum absolute atomic E-state index is 0.0523. The highest BCUT2D eigenvalue weighted by Gasteiger charge is 2.33. The summed E-state index contributed by atoms with van der Waals surface area (Å²) >= 11 is 0. The van der Waals surface area contributed by atoms with E-state index in [-0.39, 0.29) is 18.4 Å². The Morgan fingerprint density at radius 1 is 1.21 bits per heavy atom. The Kier molecular flexibility index (Phi) is 5.79. The first-order chi connectivity index (χ1) is 14.2. The number of ether oxygens (including phenoxy) is 1. The molecule has 6 heteroatoms. The van der Waals surface area contributed by atoms with Gasteiger partial charge in [-0.15, -0.1) is 0 Å². The van der Waals surface area contributed by atoms with Gasteiger partial charge in [-0.1, -0.05) is 38.3 Å². The lowest BCUT2D eigenvalue weighted by Crippen LogP contribution is -2.48. The molecular weight excluding hydrogens is 366 g/mol. The average Bonchev–Trinajstić information content (AvgIpc) is 2.77. The van der Waals surface area contributed by atoms with Crippen LogP contribution in [0, 0.1) is 0 Å². The third-order valence-corrected chi connectivity index (χ3v) is 5.77. The maximum absolute atomic E-state index is 13.1. The number of carbonyl (C=O) groups is 2. The fourth-order valence-corrected chi connectivity index (χ4v) is 4.20. The molecule has 4 rings (SSSR count). The lowest BCUT2D eigenvalue weighted by atomic mass is 9.84. The zero-order chi connectivity index (χ0) is 20.2. The number of anilines is 2. The van der Waals surface area contributed by atoms with Crippen molar-refractivity contribution in [3.8, 4) is 5.75 Å². The third-order valence-electron chi connectivity index (χ3n) is 5.77. The number of hydrogen-bond acceptors (Lipinski definition) is 4. The second-order valence-corrected chi connectivity index (χ2v) is 7.77. The number of fused-ring (bicyclic) bond motifs is 1. The van der Waals surface area contributed by atoms with E-state index in [4.69, 9.17) is 4.74 Å². The lowest BCUT2D eigenvalue weighted by Gasteiger charge is -2.30. The zero-order valence-corrected chi connectivity index (χ0v) is 16.8. The monoisotopic (exact) mass is 393 g/mol. The largest absolute Gasteiger partial charge is 0.481 e. The molecule has 2 amide bonds. The van der Waals surface area contributed by atoms with Gasteiger partial charge in [-0.25, -0.2) is 4.98 Å². The molecule has 0 saturated heterocycles. The molecule has 1 aliphatic heterocycles. The van der Waals surface area contributed by atoms with Crippen LogP contribution >= 0.6 is 0 Å². The molecule has 0 radical (unpaired) electrons. The number of amides is 2. The average molecular weight is 393 g/mol. The van der Waals surface area contributed by atoms with Crippen LogP contribution in [0.25, 0.3) is 0 Å². The molecule has 0 spiro atoms. The van der Waals surface area contributed by atoms with Gasteiger partial charge >= 0.3 is 0 Å². The standard InChI is InChI=1S/C23H27N3O3/c1-2-20(23(28)26-15-21(27)25-19-9-6-14-24-22(19)26)29-18-12-10-17(11-13-18)16-7-4-3-5-8-16/h6,9-14,16,20H,2-5,7-8,15H2,1H3,(H,25,27). The summed E-state index contributed by atoms with van der Waals surface area (Å²) in [5, 5.41) is 2.75. The van der Waals surface area contributed by atoms with Crippen molar-refractivity contribution in [1.29, 1.82) is 0 Å². The molecule has 1 fully saturated rings. The lowest BCUT2D eigenvalue weighted by molar-refractivity contribution is -0.127. The molecule has 1 saturated carbocycles. The molecule has 1 aromatic carbocycles. The molecule has 1 N–H and O–H groups in total. The van der Waals surface area contributed by atoms with Gasteiger partial charge in [0.05, 0.1) is 5.69 Å². The van der Waals surface area contributed by atoms with E-state index in [1.54, 1.807) is 18.3 Å². The highest BCUT2D eigenvalue weighted by molar-refractivity contribution is 6.10. The maximum Gasteiger partial charge on any atom is 0.269 e. The smallest absolute Gasteiger partial charge is 0.269 e. The van der Waals surface area contributed by atoms with Gasteiger partial charge in [0.1, 0.15) is 12.3 Å². The number of nitrogens with zero attached hydrogens (tertiary/aromatic N) is 2. The Bertz CT molecular complexity index is 875. The van der Waals surface area contributed by atoms with Gasteiger partial charge in [0.15, 0.2) is 11.9 Å². The summed E-state index contributed by atoms with van der Waals surface area (Å²) in [5.74, 6) is 1.29. The Morgan fingerprint density at radius 2 is 1.97 bits per heavy atom. The van der Waals surface area contributed by atoms with Crippen LogP contribution in [0.5, 0.6) is 5.75 Å². The summed E-state index contributed by atoms with van der Waals surface area (Å²) in [4.78, 5) is 30.9. The molecule has 1 aliphatic carbocycles. The van der Waals surface area contributed by atoms with Crippen molar-refractivity contribution in [3.05, 3.63) is 48.2 Å². The fraction of sp³-hybridized carbons (Fsp3) is 0.435. The van der Waals surface area contributed by atoms with Crippen LogP contribution in [0.4, 0.5) is 11.5 Å². The van der Waals surface area contributed by atoms with Crippen LogP contribution in [-0.4, -0.2) is 29.4 Å². The summed E-state index contributed by atoms with van der Waals surface area (Å²) < 4.78 is 6.02. The van der Waals surface area contributed by atoms with Crippen molar-refractivity contribution in [2.24, 2.45) is 0 Å². The number of rotatable bonds is 5. The normalized spacial score (nSPS) is 18.0. The van der Waals surface area contributed by atoms with E-state index in [1.165, 1.54) is 42.6 Å². The van der Waals surface area contributed by atoms with Crippen molar-refractivity contribution < 1.29 is 14.3 Å². The summed E-state index contributed by atoms with van der Waals surface area (Å²) in [6.45, 7) is 1.85. The van der Waals surface area contributed by atoms with Crippen molar-refractivity contribution in [2.45, 2.75) is 57.5 Å². The third kappa shape index (κ3) is 4.26. The molecule has 1 unspecified atom stereocenters. The van der Waals surface area contributed by atoms with Gasteiger partial charge in [0, 0.05) is 6.20 Å². The molecule has 6 nitrogen and oxygen atoms in total. The summed E-state index contributed by atoms with van der Waals surface area (Å²) in [6.07, 6.45) is 7.88. The predicted molar refractivity (Wildman–Crippen MR) is 112 cm³/mol. The molecule has 0 bridgehead atoms. The van der Waals surface area contributed by atoms with Gasteiger partial charge in [0.2, 0.25) is 5.91 Å². The Labute approximate surface area is 171 Å². The number of pyridine rings is 1. The number of benzene rings is 1. The Morgan fingerprint density at radius 3 is 2.69 bits per heavy atom. The first-order valence-corrected chi connectivity index (χ1v) is 10.5. The topological polar surface area (TPSA) is 71.5 Å². The van der Waals surface area contributed by atoms with E-state index >= 15 is 0 Å². The van der Waals surface area contributed by atoms with Crippen molar-refractivity contribution >= 4 is 23.3 Å². The molecule has 1 aromatic heterocycles. The van der Waals surface area contributed by atoms with Gasteiger partial charge < -0.3 is 10.1 Å². The molecule has 2 heterocycles. The van der Waals surface area contributed by atoms with Gasteiger partial charge in [-0.2, -0.15) is 0 Å². The van der Waals surface area contributed by atoms with Crippen molar-refractivity contribution in [2.75, 3.05) is 16.8 Å². The summed E-state index contributed by atoms with van der Waals surface area (Å²) in [5.41, 5.74) is 1.89. The van der Waals surface area contributed by atoms with Crippen LogP contribution in [0.3, 0.4) is 0 Å². The number of nitrogens with one attached hydrogen (secondary N) is 1.